The molecule has 0 saturated heterocycles. The van der Waals surface area contributed by atoms with Gasteiger partial charge in [-0.05, 0) is 30.5 Å². The van der Waals surface area contributed by atoms with Crippen molar-refractivity contribution in [1.29, 1.82) is 0 Å². The molecule has 1 aromatic heterocycles. The van der Waals surface area contributed by atoms with Crippen molar-refractivity contribution in [3.8, 4) is 11.5 Å². The first-order chi connectivity index (χ1) is 9.99. The number of aryl methyl sites for hydroxylation is 1. The monoisotopic (exact) mass is 289 g/mol. The van der Waals surface area contributed by atoms with Crippen LogP contribution in [0.25, 0.3) is 0 Å². The van der Waals surface area contributed by atoms with Crippen molar-refractivity contribution in [2.75, 3.05) is 12.4 Å². The lowest BCUT2D eigenvalue weighted by Gasteiger charge is -2.08. The first kappa shape index (κ1) is 15.2. The van der Waals surface area contributed by atoms with E-state index < -0.39 is 0 Å². The third-order valence-electron chi connectivity index (χ3n) is 3.23. The van der Waals surface area contributed by atoms with E-state index in [2.05, 4.69) is 24.3 Å². The Kier molecular flexibility index (Phi) is 4.73. The first-order valence-electron chi connectivity index (χ1n) is 7.13. The van der Waals surface area contributed by atoms with Gasteiger partial charge >= 0.3 is 0 Å². The Balaban J connectivity index is 2.04. The predicted octanol–water partition coefficient (Wildman–Crippen LogP) is 3.17. The maximum Gasteiger partial charge on any atom is 0.160 e. The highest BCUT2D eigenvalue weighted by Gasteiger charge is 2.07. The molecule has 2 aromatic rings. The SMILES string of the molecule is COc1cc(CNc2cn(CC(C)C)nc2C)ccc1O. The van der Waals surface area contributed by atoms with Crippen molar-refractivity contribution in [3.63, 3.8) is 0 Å². The predicted molar refractivity (Wildman–Crippen MR) is 83.8 cm³/mol. The Hall–Kier alpha value is -2.17. The Morgan fingerprint density at radius 3 is 2.81 bits per heavy atom. The Labute approximate surface area is 125 Å². The van der Waals surface area contributed by atoms with Crippen LogP contribution in [0.3, 0.4) is 0 Å². The van der Waals surface area contributed by atoms with Crippen LogP contribution in [0.4, 0.5) is 5.69 Å². The summed E-state index contributed by atoms with van der Waals surface area (Å²) in [7, 11) is 1.55. The fourth-order valence-electron chi connectivity index (χ4n) is 2.19. The summed E-state index contributed by atoms with van der Waals surface area (Å²) in [6, 6.07) is 5.35. The van der Waals surface area contributed by atoms with E-state index in [0.717, 1.165) is 23.5 Å². The van der Waals surface area contributed by atoms with Crippen molar-refractivity contribution < 1.29 is 9.84 Å². The van der Waals surface area contributed by atoms with Gasteiger partial charge in [0.05, 0.1) is 18.5 Å². The molecule has 0 unspecified atom stereocenters. The van der Waals surface area contributed by atoms with Gasteiger partial charge in [0.15, 0.2) is 11.5 Å². The molecule has 1 heterocycles. The third kappa shape index (κ3) is 3.90. The largest absolute Gasteiger partial charge is 0.504 e. The van der Waals surface area contributed by atoms with Crippen LogP contribution >= 0.6 is 0 Å². The molecule has 5 heteroatoms. The average Bonchev–Trinajstić information content (AvgIpc) is 2.77. The second-order valence-corrected chi connectivity index (χ2v) is 5.60. The molecule has 0 radical (unpaired) electrons. The van der Waals surface area contributed by atoms with Gasteiger partial charge in [0.1, 0.15) is 0 Å². The minimum atomic E-state index is 0.155. The van der Waals surface area contributed by atoms with E-state index in [1.165, 1.54) is 0 Å². The van der Waals surface area contributed by atoms with Gasteiger partial charge in [0.25, 0.3) is 0 Å². The summed E-state index contributed by atoms with van der Waals surface area (Å²) >= 11 is 0. The van der Waals surface area contributed by atoms with Crippen LogP contribution in [0.2, 0.25) is 0 Å². The molecule has 1 aromatic carbocycles. The molecule has 0 amide bonds. The van der Waals surface area contributed by atoms with Crippen molar-refractivity contribution in [3.05, 3.63) is 35.7 Å². The zero-order valence-corrected chi connectivity index (χ0v) is 13.1. The molecule has 2 rings (SSSR count). The molecule has 2 N–H and O–H groups in total. The highest BCUT2D eigenvalue weighted by atomic mass is 16.5. The number of methoxy groups -OCH3 is 1. The molecule has 5 nitrogen and oxygen atoms in total. The summed E-state index contributed by atoms with van der Waals surface area (Å²) in [4.78, 5) is 0. The average molecular weight is 289 g/mol. The molecule has 114 valence electrons. The minimum absolute atomic E-state index is 0.155. The van der Waals surface area contributed by atoms with Crippen LogP contribution in [0.1, 0.15) is 25.1 Å². The van der Waals surface area contributed by atoms with Gasteiger partial charge in [-0.3, -0.25) is 4.68 Å². The maximum atomic E-state index is 9.59. The Morgan fingerprint density at radius 2 is 2.14 bits per heavy atom. The number of nitrogens with one attached hydrogen (secondary N) is 1. The van der Waals surface area contributed by atoms with Crippen molar-refractivity contribution >= 4 is 5.69 Å². The highest BCUT2D eigenvalue weighted by molar-refractivity contribution is 5.47. The lowest BCUT2D eigenvalue weighted by Crippen LogP contribution is -2.04. The van der Waals surface area contributed by atoms with Crippen LogP contribution in [-0.2, 0) is 13.1 Å². The summed E-state index contributed by atoms with van der Waals surface area (Å²) in [6.45, 7) is 7.91. The summed E-state index contributed by atoms with van der Waals surface area (Å²) in [5.41, 5.74) is 3.06. The molecular formula is C16H23N3O2. The number of benzene rings is 1. The maximum absolute atomic E-state index is 9.59. The summed E-state index contributed by atoms with van der Waals surface area (Å²) in [6.07, 6.45) is 2.03. The number of aromatic hydroxyl groups is 1. The number of hydrogen-bond donors (Lipinski definition) is 2. The quantitative estimate of drug-likeness (QED) is 0.857. The highest BCUT2D eigenvalue weighted by Crippen LogP contribution is 2.26. The zero-order valence-electron chi connectivity index (χ0n) is 13.1. The number of nitrogens with zero attached hydrogens (tertiary/aromatic N) is 2. The van der Waals surface area contributed by atoms with E-state index in [1.54, 1.807) is 13.2 Å². The minimum Gasteiger partial charge on any atom is -0.504 e. The number of hydrogen-bond acceptors (Lipinski definition) is 4. The van der Waals surface area contributed by atoms with Gasteiger partial charge in [-0.2, -0.15) is 5.10 Å². The van der Waals surface area contributed by atoms with Gasteiger partial charge in [-0.25, -0.2) is 0 Å². The van der Waals surface area contributed by atoms with E-state index in [9.17, 15) is 5.11 Å². The first-order valence-corrected chi connectivity index (χ1v) is 7.13. The van der Waals surface area contributed by atoms with Crippen molar-refractivity contribution in [2.45, 2.75) is 33.9 Å². The Bertz CT molecular complexity index is 606. The zero-order chi connectivity index (χ0) is 15.4. The van der Waals surface area contributed by atoms with Gasteiger partial charge < -0.3 is 15.2 Å². The van der Waals surface area contributed by atoms with Crippen LogP contribution < -0.4 is 10.1 Å². The standard InChI is InChI=1S/C16H23N3O2/c1-11(2)9-19-10-14(12(3)18-19)17-8-13-5-6-15(20)16(7-13)21-4/h5-7,10-11,17,20H,8-9H2,1-4H3. The fraction of sp³-hybridized carbons (Fsp3) is 0.438. The molecule has 0 aliphatic heterocycles. The molecular weight excluding hydrogens is 266 g/mol. The summed E-state index contributed by atoms with van der Waals surface area (Å²) in [5, 5.41) is 17.5. The number of phenols is 1. The number of anilines is 1. The number of rotatable bonds is 6. The number of aromatic nitrogens is 2. The lowest BCUT2D eigenvalue weighted by atomic mass is 10.2. The third-order valence-corrected chi connectivity index (χ3v) is 3.23. The smallest absolute Gasteiger partial charge is 0.160 e. The van der Waals surface area contributed by atoms with E-state index in [0.29, 0.717) is 18.2 Å². The van der Waals surface area contributed by atoms with Gasteiger partial charge in [0, 0.05) is 19.3 Å². The fourth-order valence-corrected chi connectivity index (χ4v) is 2.19. The Morgan fingerprint density at radius 1 is 1.38 bits per heavy atom. The lowest BCUT2D eigenvalue weighted by molar-refractivity contribution is 0.373. The van der Waals surface area contributed by atoms with E-state index in [4.69, 9.17) is 4.74 Å². The number of ether oxygens (including phenoxy) is 1. The molecule has 0 saturated carbocycles. The molecule has 0 bridgehead atoms. The van der Waals surface area contributed by atoms with Crippen molar-refractivity contribution in [1.82, 2.24) is 9.78 Å². The van der Waals surface area contributed by atoms with Crippen molar-refractivity contribution in [2.24, 2.45) is 5.92 Å². The molecule has 0 aliphatic carbocycles. The second-order valence-electron chi connectivity index (χ2n) is 5.60. The molecule has 0 atom stereocenters. The van der Waals surface area contributed by atoms with E-state index in [-0.39, 0.29) is 5.75 Å². The van der Waals surface area contributed by atoms with Crippen LogP contribution in [0, 0.1) is 12.8 Å². The molecule has 21 heavy (non-hydrogen) atoms. The van der Waals surface area contributed by atoms with Gasteiger partial charge in [-0.15, -0.1) is 0 Å². The molecule has 0 spiro atoms. The summed E-state index contributed by atoms with van der Waals surface area (Å²) in [5.74, 6) is 1.21. The topological polar surface area (TPSA) is 59.3 Å². The van der Waals surface area contributed by atoms with Gasteiger partial charge in [-0.1, -0.05) is 19.9 Å². The summed E-state index contributed by atoms with van der Waals surface area (Å²) < 4.78 is 7.09. The normalized spacial score (nSPS) is 10.9. The number of phenolic OH excluding ortho intramolecular Hbond substituents is 1. The molecule has 0 fully saturated rings. The van der Waals surface area contributed by atoms with Crippen LogP contribution in [0.5, 0.6) is 11.5 Å². The van der Waals surface area contributed by atoms with Gasteiger partial charge in [0.2, 0.25) is 0 Å². The van der Waals surface area contributed by atoms with E-state index in [1.807, 2.05) is 29.9 Å². The second kappa shape index (κ2) is 6.52. The van der Waals surface area contributed by atoms with E-state index >= 15 is 0 Å². The van der Waals surface area contributed by atoms with Crippen LogP contribution in [0.15, 0.2) is 24.4 Å². The molecule has 0 aliphatic rings. The van der Waals surface area contributed by atoms with Crippen LogP contribution in [-0.4, -0.2) is 22.0 Å².